The van der Waals surface area contributed by atoms with Crippen molar-refractivity contribution in [2.75, 3.05) is 37.4 Å². The molecule has 0 saturated carbocycles. The lowest BCUT2D eigenvalue weighted by Crippen LogP contribution is -2.25. The maximum absolute atomic E-state index is 5.33. The molecule has 0 fully saturated rings. The fraction of sp³-hybridized carbons (Fsp3) is 0.727. The molecule has 7 nitrogen and oxygen atoms in total. The molecule has 0 saturated heterocycles. The van der Waals surface area contributed by atoms with E-state index >= 15 is 0 Å². The third-order valence-corrected chi connectivity index (χ3v) is 3.36. The molecule has 0 aromatic carbocycles. The van der Waals surface area contributed by atoms with Crippen molar-refractivity contribution in [2.24, 2.45) is 5.84 Å². The molecule has 1 heterocycles. The Morgan fingerprint density at radius 1 is 1.21 bits per heavy atom. The molecule has 0 aliphatic heterocycles. The maximum Gasteiger partial charge on any atom is 0.322 e. The molecule has 0 amide bonds. The van der Waals surface area contributed by atoms with Crippen LogP contribution in [-0.4, -0.2) is 51.8 Å². The Morgan fingerprint density at radius 2 is 1.95 bits per heavy atom. The molecule has 0 radical (unpaired) electrons. The van der Waals surface area contributed by atoms with E-state index in [4.69, 9.17) is 10.6 Å². The number of rotatable bonds is 9. The normalized spacial score (nSPS) is 10.8. The zero-order valence-electron chi connectivity index (χ0n) is 11.7. The van der Waals surface area contributed by atoms with Crippen LogP contribution in [0.25, 0.3) is 0 Å². The molecule has 0 atom stereocenters. The predicted molar refractivity (Wildman–Crippen MR) is 77.3 cm³/mol. The van der Waals surface area contributed by atoms with Gasteiger partial charge in [0.2, 0.25) is 5.95 Å². The fourth-order valence-electron chi connectivity index (χ4n) is 1.47. The van der Waals surface area contributed by atoms with Gasteiger partial charge in [-0.25, -0.2) is 5.84 Å². The first-order valence-electron chi connectivity index (χ1n) is 6.44. The standard InChI is InChI=1S/C11H22N6OS/c1-4-17(5-2)7-8-19-11-14-9(16-12)13-10(15-11)18-6-3/h4-8,12H2,1-3H3,(H,13,14,15,16). The second-order valence-corrected chi connectivity index (χ2v) is 4.74. The fourth-order valence-corrected chi connectivity index (χ4v) is 2.29. The lowest BCUT2D eigenvalue weighted by atomic mass is 10.5. The summed E-state index contributed by atoms with van der Waals surface area (Å²) in [5, 5.41) is 0.624. The van der Waals surface area contributed by atoms with Gasteiger partial charge in [-0.1, -0.05) is 25.6 Å². The van der Waals surface area contributed by atoms with E-state index in [0.717, 1.165) is 25.4 Å². The average Bonchev–Trinajstić information content (AvgIpc) is 2.43. The summed E-state index contributed by atoms with van der Waals surface area (Å²) in [5.74, 6) is 6.57. The van der Waals surface area contributed by atoms with Crippen LogP contribution in [0.3, 0.4) is 0 Å². The second-order valence-electron chi connectivity index (χ2n) is 3.68. The number of nitrogen functional groups attached to an aromatic ring is 1. The molecular formula is C11H22N6OS. The molecule has 0 aliphatic rings. The Balaban J connectivity index is 2.58. The highest BCUT2D eigenvalue weighted by molar-refractivity contribution is 7.99. The lowest BCUT2D eigenvalue weighted by Gasteiger charge is -2.16. The van der Waals surface area contributed by atoms with Crippen LogP contribution in [0.15, 0.2) is 5.16 Å². The minimum absolute atomic E-state index is 0.302. The number of nitrogens with one attached hydrogen (secondary N) is 1. The number of hydrogen-bond acceptors (Lipinski definition) is 8. The quantitative estimate of drug-likeness (QED) is 0.395. The van der Waals surface area contributed by atoms with Gasteiger partial charge < -0.3 is 9.64 Å². The van der Waals surface area contributed by atoms with E-state index in [1.165, 1.54) is 0 Å². The highest BCUT2D eigenvalue weighted by Crippen LogP contribution is 2.17. The first kappa shape index (κ1) is 15.9. The molecule has 1 aromatic heterocycles. The van der Waals surface area contributed by atoms with E-state index in [1.54, 1.807) is 11.8 Å². The summed E-state index contributed by atoms with van der Waals surface area (Å²) in [5.41, 5.74) is 2.42. The molecule has 0 aliphatic carbocycles. The number of nitrogens with two attached hydrogens (primary N) is 1. The van der Waals surface area contributed by atoms with E-state index in [9.17, 15) is 0 Å². The average molecular weight is 286 g/mol. The van der Waals surface area contributed by atoms with Crippen LogP contribution in [0, 0.1) is 0 Å². The van der Waals surface area contributed by atoms with Crippen LogP contribution in [0.1, 0.15) is 20.8 Å². The van der Waals surface area contributed by atoms with Crippen molar-refractivity contribution in [3.8, 4) is 6.01 Å². The predicted octanol–water partition coefficient (Wildman–Crippen LogP) is 0.990. The van der Waals surface area contributed by atoms with Crippen molar-refractivity contribution < 1.29 is 4.74 Å². The van der Waals surface area contributed by atoms with Crippen molar-refractivity contribution in [1.82, 2.24) is 19.9 Å². The highest BCUT2D eigenvalue weighted by Gasteiger charge is 2.08. The van der Waals surface area contributed by atoms with Gasteiger partial charge in [0.15, 0.2) is 5.16 Å². The van der Waals surface area contributed by atoms with Crippen LogP contribution in [0.4, 0.5) is 5.95 Å². The summed E-state index contributed by atoms with van der Waals surface area (Å²) >= 11 is 1.57. The Bertz CT molecular complexity index is 374. The number of thioether (sulfide) groups is 1. The summed E-state index contributed by atoms with van der Waals surface area (Å²) < 4.78 is 5.28. The third-order valence-electron chi connectivity index (χ3n) is 2.53. The van der Waals surface area contributed by atoms with Gasteiger partial charge in [-0.15, -0.1) is 0 Å². The topological polar surface area (TPSA) is 89.2 Å². The number of anilines is 1. The summed E-state index contributed by atoms with van der Waals surface area (Å²) in [7, 11) is 0. The van der Waals surface area contributed by atoms with Crippen LogP contribution in [0.5, 0.6) is 6.01 Å². The molecule has 1 aromatic rings. The van der Waals surface area contributed by atoms with Gasteiger partial charge in [-0.3, -0.25) is 5.43 Å². The Morgan fingerprint density at radius 3 is 2.53 bits per heavy atom. The number of nitrogens with zero attached hydrogens (tertiary/aromatic N) is 4. The Kier molecular flexibility index (Phi) is 7.46. The number of hydrazine groups is 1. The van der Waals surface area contributed by atoms with Gasteiger partial charge in [-0.05, 0) is 20.0 Å². The van der Waals surface area contributed by atoms with Crippen molar-refractivity contribution >= 4 is 17.7 Å². The second kappa shape index (κ2) is 8.89. The number of aromatic nitrogens is 3. The molecule has 0 spiro atoms. The Hall–Kier alpha value is -1.12. The monoisotopic (exact) mass is 286 g/mol. The summed E-state index contributed by atoms with van der Waals surface area (Å²) in [6.45, 7) is 9.80. The van der Waals surface area contributed by atoms with Crippen LogP contribution >= 0.6 is 11.8 Å². The van der Waals surface area contributed by atoms with Crippen LogP contribution in [-0.2, 0) is 0 Å². The number of hydrogen-bond donors (Lipinski definition) is 2. The molecule has 8 heteroatoms. The Labute approximate surface area is 118 Å². The SMILES string of the molecule is CCOc1nc(NN)nc(SCCN(CC)CC)n1. The number of ether oxygens (including phenoxy) is 1. The lowest BCUT2D eigenvalue weighted by molar-refractivity contribution is 0.308. The zero-order chi connectivity index (χ0) is 14.1. The van der Waals surface area contributed by atoms with E-state index < -0.39 is 0 Å². The first-order chi connectivity index (χ1) is 9.23. The van der Waals surface area contributed by atoms with Crippen molar-refractivity contribution in [1.29, 1.82) is 0 Å². The van der Waals surface area contributed by atoms with Crippen LogP contribution < -0.4 is 16.0 Å². The van der Waals surface area contributed by atoms with Crippen molar-refractivity contribution in [3.63, 3.8) is 0 Å². The molecule has 3 N–H and O–H groups in total. The molecule has 108 valence electrons. The van der Waals surface area contributed by atoms with E-state index in [1.807, 2.05) is 6.92 Å². The van der Waals surface area contributed by atoms with E-state index in [-0.39, 0.29) is 0 Å². The van der Waals surface area contributed by atoms with Crippen LogP contribution in [0.2, 0.25) is 0 Å². The summed E-state index contributed by atoms with van der Waals surface area (Å²) in [6.07, 6.45) is 0. The highest BCUT2D eigenvalue weighted by atomic mass is 32.2. The van der Waals surface area contributed by atoms with Gasteiger partial charge in [0.1, 0.15) is 0 Å². The molecule has 0 unspecified atom stereocenters. The largest absolute Gasteiger partial charge is 0.464 e. The zero-order valence-corrected chi connectivity index (χ0v) is 12.5. The van der Waals surface area contributed by atoms with E-state index in [0.29, 0.717) is 23.7 Å². The molecule has 0 bridgehead atoms. The smallest absolute Gasteiger partial charge is 0.322 e. The minimum Gasteiger partial charge on any atom is -0.464 e. The van der Waals surface area contributed by atoms with Gasteiger partial charge in [-0.2, -0.15) is 15.0 Å². The summed E-state index contributed by atoms with van der Waals surface area (Å²) in [6, 6.07) is 0.302. The minimum atomic E-state index is 0.302. The van der Waals surface area contributed by atoms with Crippen molar-refractivity contribution in [2.45, 2.75) is 25.9 Å². The van der Waals surface area contributed by atoms with Gasteiger partial charge in [0.25, 0.3) is 0 Å². The maximum atomic E-state index is 5.33. The van der Waals surface area contributed by atoms with Gasteiger partial charge in [0, 0.05) is 12.3 Å². The molecular weight excluding hydrogens is 264 g/mol. The molecule has 1 rings (SSSR count). The third kappa shape index (κ3) is 5.58. The van der Waals surface area contributed by atoms with Crippen molar-refractivity contribution in [3.05, 3.63) is 0 Å². The van der Waals surface area contributed by atoms with Gasteiger partial charge in [0.05, 0.1) is 6.61 Å². The van der Waals surface area contributed by atoms with Gasteiger partial charge >= 0.3 is 6.01 Å². The summed E-state index contributed by atoms with van der Waals surface area (Å²) in [4.78, 5) is 14.8. The molecule has 19 heavy (non-hydrogen) atoms. The van der Waals surface area contributed by atoms with E-state index in [2.05, 4.69) is 39.1 Å². The first-order valence-corrected chi connectivity index (χ1v) is 7.42.